The van der Waals surface area contributed by atoms with Gasteiger partial charge in [0.2, 0.25) is 0 Å². The maximum atomic E-state index is 8.03. The maximum Gasteiger partial charge on any atom is 0.0780 e. The van der Waals surface area contributed by atoms with Gasteiger partial charge in [-0.2, -0.15) is 0 Å². The van der Waals surface area contributed by atoms with Crippen molar-refractivity contribution in [2.24, 2.45) is 0 Å². The molecule has 0 fully saturated rings. The number of pyridine rings is 1. The Morgan fingerprint density at radius 2 is 1.69 bits per heavy atom. The molecule has 76 valence electrons. The molecule has 0 amide bonds. The molecule has 0 aliphatic rings. The van der Waals surface area contributed by atoms with E-state index < -0.39 is 0 Å². The van der Waals surface area contributed by atoms with E-state index in [0.29, 0.717) is 12.1 Å². The summed E-state index contributed by atoms with van der Waals surface area (Å²) >= 11 is 0. The summed E-state index contributed by atoms with van der Waals surface area (Å²) in [5.41, 5.74) is 1.74. The first-order chi connectivity index (χ1) is 8.77. The number of hydrogen-bond acceptors (Lipinski definition) is 1. The van der Waals surface area contributed by atoms with Crippen molar-refractivity contribution in [2.75, 3.05) is 0 Å². The molecule has 0 spiro atoms. The highest BCUT2D eigenvalue weighted by atomic mass is 14.7. The van der Waals surface area contributed by atoms with Gasteiger partial charge in [0.25, 0.3) is 0 Å². The molecule has 0 N–H and O–H groups in total. The van der Waals surface area contributed by atoms with E-state index in [9.17, 15) is 0 Å². The highest BCUT2D eigenvalue weighted by Crippen LogP contribution is 2.25. The Labute approximate surface area is 97.2 Å². The molecule has 3 rings (SSSR count). The van der Waals surface area contributed by atoms with Crippen LogP contribution in [0, 0.1) is 0 Å². The molecule has 1 heterocycles. The Balaban J connectivity index is 2.41. The molecule has 0 bridgehead atoms. The number of aromatic nitrogens is 1. The lowest BCUT2D eigenvalue weighted by atomic mass is 10.0. The lowest BCUT2D eigenvalue weighted by Crippen LogP contribution is -1.84. The molecule has 2 aromatic carbocycles. The van der Waals surface area contributed by atoms with Crippen molar-refractivity contribution in [2.45, 2.75) is 0 Å². The molecule has 0 aliphatic carbocycles. The van der Waals surface area contributed by atoms with Gasteiger partial charge in [-0.1, -0.05) is 54.5 Å². The number of hydrogen-bond donors (Lipinski definition) is 0. The zero-order chi connectivity index (χ0) is 12.5. The van der Waals surface area contributed by atoms with Crippen molar-refractivity contribution in [3.8, 4) is 11.3 Å². The van der Waals surface area contributed by atoms with Gasteiger partial charge in [0.05, 0.1) is 8.44 Å². The smallest absolute Gasteiger partial charge is 0.0780 e. The average molecular weight is 207 g/mol. The summed E-state index contributed by atoms with van der Waals surface area (Å²) in [5, 5.41) is 1.52. The molecule has 0 saturated heterocycles. The van der Waals surface area contributed by atoms with Crippen LogP contribution < -0.4 is 0 Å². The lowest BCUT2D eigenvalue weighted by Gasteiger charge is -2.04. The third-order valence-corrected chi connectivity index (χ3v) is 2.55. The van der Waals surface area contributed by atoms with Gasteiger partial charge < -0.3 is 0 Å². The fourth-order valence-corrected chi connectivity index (χ4v) is 1.80. The molecule has 0 saturated carbocycles. The Morgan fingerprint density at radius 3 is 2.56 bits per heavy atom. The molecule has 0 radical (unpaired) electrons. The summed E-state index contributed by atoms with van der Waals surface area (Å²) in [7, 11) is 0. The van der Waals surface area contributed by atoms with Crippen molar-refractivity contribution in [3.05, 3.63) is 66.8 Å². The van der Waals surface area contributed by atoms with Crippen LogP contribution in [-0.2, 0) is 0 Å². The van der Waals surface area contributed by atoms with Crippen LogP contribution in [0.1, 0.15) is 2.74 Å². The van der Waals surface area contributed by atoms with Gasteiger partial charge in [-0.25, -0.2) is 0 Å². The molecule has 1 heteroatoms. The van der Waals surface area contributed by atoms with Crippen molar-refractivity contribution in [3.63, 3.8) is 0 Å². The fraction of sp³-hybridized carbons (Fsp3) is 0. The van der Waals surface area contributed by atoms with E-state index in [4.69, 9.17) is 2.74 Å². The van der Waals surface area contributed by atoms with E-state index in [1.165, 1.54) is 0 Å². The lowest BCUT2D eigenvalue weighted by molar-refractivity contribution is 1.36. The molecular formula is C15H11N. The molecule has 0 atom stereocenters. The summed E-state index contributed by atoms with van der Waals surface area (Å²) in [5.74, 6) is 0. The second kappa shape index (κ2) is 3.78. The molecule has 1 nitrogen and oxygen atoms in total. The molecule has 0 unspecified atom stereocenters. The van der Waals surface area contributed by atoms with Crippen LogP contribution in [0.4, 0.5) is 0 Å². The SMILES string of the molecule is [2H]c1ccc([2H])c2c(-c3ccccc3)nccc12. The predicted molar refractivity (Wildman–Crippen MR) is 67.2 cm³/mol. The van der Waals surface area contributed by atoms with Gasteiger partial charge in [-0.05, 0) is 11.5 Å². The van der Waals surface area contributed by atoms with E-state index in [2.05, 4.69) is 4.98 Å². The van der Waals surface area contributed by atoms with E-state index >= 15 is 0 Å². The number of fused-ring (bicyclic) bond motifs is 1. The molecule has 16 heavy (non-hydrogen) atoms. The number of rotatable bonds is 1. The Morgan fingerprint density at radius 1 is 0.875 bits per heavy atom. The summed E-state index contributed by atoms with van der Waals surface area (Å²) in [6.45, 7) is 0. The zero-order valence-corrected chi connectivity index (χ0v) is 8.64. The largest absolute Gasteiger partial charge is 0.256 e. The van der Waals surface area contributed by atoms with Gasteiger partial charge in [-0.3, -0.25) is 4.98 Å². The van der Waals surface area contributed by atoms with E-state index in [1.54, 1.807) is 24.4 Å². The van der Waals surface area contributed by atoms with Gasteiger partial charge in [0.1, 0.15) is 0 Å². The summed E-state index contributed by atoms with van der Waals surface area (Å²) in [4.78, 5) is 4.38. The summed E-state index contributed by atoms with van der Waals surface area (Å²) in [6, 6.07) is 15.7. The average Bonchev–Trinajstić information content (AvgIpc) is 2.43. The second-order valence-electron chi connectivity index (χ2n) is 3.57. The van der Waals surface area contributed by atoms with E-state index in [-0.39, 0.29) is 0 Å². The molecule has 1 aromatic heterocycles. The van der Waals surface area contributed by atoms with Crippen molar-refractivity contribution in [1.29, 1.82) is 0 Å². The monoisotopic (exact) mass is 207 g/mol. The minimum Gasteiger partial charge on any atom is -0.256 e. The quantitative estimate of drug-likeness (QED) is 0.589. The van der Waals surface area contributed by atoms with Crippen LogP contribution in [0.2, 0.25) is 0 Å². The van der Waals surface area contributed by atoms with Crippen LogP contribution in [-0.4, -0.2) is 4.98 Å². The summed E-state index contributed by atoms with van der Waals surface area (Å²) < 4.78 is 15.9. The summed E-state index contributed by atoms with van der Waals surface area (Å²) in [6.07, 6.45) is 1.70. The Hall–Kier alpha value is -2.15. The van der Waals surface area contributed by atoms with E-state index in [1.807, 2.05) is 30.3 Å². The minimum atomic E-state index is 0.410. The minimum absolute atomic E-state index is 0.410. The molecule has 0 aliphatic heterocycles. The van der Waals surface area contributed by atoms with Crippen LogP contribution in [0.3, 0.4) is 0 Å². The van der Waals surface area contributed by atoms with Crippen LogP contribution in [0.25, 0.3) is 22.0 Å². The first kappa shape index (κ1) is 7.18. The Kier molecular flexibility index (Phi) is 1.70. The second-order valence-corrected chi connectivity index (χ2v) is 3.57. The topological polar surface area (TPSA) is 12.9 Å². The number of benzene rings is 2. The normalized spacial score (nSPS) is 12.2. The zero-order valence-electron chi connectivity index (χ0n) is 10.6. The third kappa shape index (κ3) is 1.47. The highest BCUT2D eigenvalue weighted by molar-refractivity contribution is 5.94. The fourth-order valence-electron chi connectivity index (χ4n) is 1.80. The van der Waals surface area contributed by atoms with Crippen LogP contribution in [0.15, 0.2) is 66.8 Å². The maximum absolute atomic E-state index is 8.03. The van der Waals surface area contributed by atoms with Gasteiger partial charge in [0.15, 0.2) is 0 Å². The molecule has 3 aromatic rings. The van der Waals surface area contributed by atoms with Gasteiger partial charge in [0, 0.05) is 17.1 Å². The highest BCUT2D eigenvalue weighted by Gasteiger charge is 2.03. The van der Waals surface area contributed by atoms with Crippen molar-refractivity contribution >= 4 is 10.8 Å². The van der Waals surface area contributed by atoms with Gasteiger partial charge in [-0.15, -0.1) is 0 Å². The predicted octanol–water partition coefficient (Wildman–Crippen LogP) is 3.90. The molecular weight excluding hydrogens is 194 g/mol. The van der Waals surface area contributed by atoms with Crippen LogP contribution >= 0.6 is 0 Å². The van der Waals surface area contributed by atoms with Crippen molar-refractivity contribution in [1.82, 2.24) is 4.98 Å². The third-order valence-electron chi connectivity index (χ3n) is 2.55. The Bertz CT molecular complexity index is 708. The first-order valence-electron chi connectivity index (χ1n) is 6.18. The van der Waals surface area contributed by atoms with Crippen LogP contribution in [0.5, 0.6) is 0 Å². The standard InChI is InChI=1S/C15H11N/c1-2-7-13(8-3-1)15-14-9-5-4-6-12(14)10-11-16-15/h1-11H/i6D,9D. The van der Waals surface area contributed by atoms with E-state index in [0.717, 1.165) is 22.0 Å². The van der Waals surface area contributed by atoms with Gasteiger partial charge >= 0.3 is 0 Å². The first-order valence-corrected chi connectivity index (χ1v) is 5.18. The van der Waals surface area contributed by atoms with Crippen molar-refractivity contribution < 1.29 is 2.74 Å². The number of nitrogens with zero attached hydrogens (tertiary/aromatic N) is 1.